The normalized spacial score (nSPS) is 32.4. The van der Waals surface area contributed by atoms with Crippen LogP contribution in [0.5, 0.6) is 5.75 Å². The fourth-order valence-electron chi connectivity index (χ4n) is 5.22. The van der Waals surface area contributed by atoms with E-state index in [-0.39, 0.29) is 5.91 Å². The van der Waals surface area contributed by atoms with Crippen LogP contribution in [0.1, 0.15) is 44.2 Å². The number of hydrogen-bond acceptors (Lipinski definition) is 2. The summed E-state index contributed by atoms with van der Waals surface area (Å²) in [5.41, 5.74) is 2.78. The van der Waals surface area contributed by atoms with Gasteiger partial charge in [0.2, 0.25) is 0 Å². The molecule has 0 bridgehead atoms. The zero-order valence-corrected chi connectivity index (χ0v) is 17.6. The van der Waals surface area contributed by atoms with Gasteiger partial charge in [-0.05, 0) is 42.0 Å². The molecule has 2 heterocycles. The van der Waals surface area contributed by atoms with Crippen LogP contribution in [-0.4, -0.2) is 51.3 Å². The smallest absolute Gasteiger partial charge is 0.275 e. The molecule has 1 saturated carbocycles. The Morgan fingerprint density at radius 2 is 1.93 bits per heavy atom. The number of fused-ring (bicyclic) bond motifs is 1. The first kappa shape index (κ1) is 19.7. The first-order valence-electron chi connectivity index (χ1n) is 11.3. The van der Waals surface area contributed by atoms with Gasteiger partial charge in [-0.15, -0.1) is 0 Å². The van der Waals surface area contributed by atoms with Crippen LogP contribution in [0.15, 0.2) is 18.2 Å². The van der Waals surface area contributed by atoms with Crippen LogP contribution in [0.2, 0.25) is 0 Å². The van der Waals surface area contributed by atoms with E-state index in [0.29, 0.717) is 18.5 Å². The lowest BCUT2D eigenvalue weighted by molar-refractivity contribution is -1.02. The fraction of sp³-hybridized carbons (Fsp3) is 0.696. The minimum atomic E-state index is 0.253. The Morgan fingerprint density at radius 3 is 2.75 bits per heavy atom. The van der Waals surface area contributed by atoms with Crippen LogP contribution in [0.4, 0.5) is 0 Å². The molecule has 2 aliphatic heterocycles. The van der Waals surface area contributed by atoms with Gasteiger partial charge in [-0.25, -0.2) is 0 Å². The van der Waals surface area contributed by atoms with Gasteiger partial charge in [0.25, 0.3) is 5.91 Å². The summed E-state index contributed by atoms with van der Waals surface area (Å²) in [6.45, 7) is 11.7. The van der Waals surface area contributed by atoms with Crippen LogP contribution >= 0.6 is 0 Å². The molecule has 3 atom stereocenters. The van der Waals surface area contributed by atoms with Crippen molar-refractivity contribution in [1.82, 2.24) is 5.32 Å². The second kappa shape index (κ2) is 8.83. The number of ether oxygens (including phenoxy) is 1. The monoisotopic (exact) mass is 387 g/mol. The molecule has 0 unspecified atom stereocenters. The van der Waals surface area contributed by atoms with Gasteiger partial charge in [-0.1, -0.05) is 26.7 Å². The number of quaternary nitrogens is 2. The Morgan fingerprint density at radius 1 is 1.14 bits per heavy atom. The molecular weight excluding hydrogens is 350 g/mol. The van der Waals surface area contributed by atoms with E-state index in [2.05, 4.69) is 37.4 Å². The van der Waals surface area contributed by atoms with Crippen molar-refractivity contribution in [3.8, 4) is 5.75 Å². The van der Waals surface area contributed by atoms with Crippen molar-refractivity contribution >= 4 is 5.91 Å². The van der Waals surface area contributed by atoms with Crippen molar-refractivity contribution in [2.24, 2.45) is 11.8 Å². The SMILES string of the molecule is C[C@@H]1[C@H](C)CCC[C@@H]1NC(=O)C[NH+]1CC[NH+](Cc2ccc3c(c2)CCO3)CC1. The zero-order valence-electron chi connectivity index (χ0n) is 17.6. The summed E-state index contributed by atoms with van der Waals surface area (Å²) < 4.78 is 5.61. The van der Waals surface area contributed by atoms with Gasteiger partial charge in [0.15, 0.2) is 6.54 Å². The maximum absolute atomic E-state index is 12.6. The minimum absolute atomic E-state index is 0.253. The van der Waals surface area contributed by atoms with E-state index in [9.17, 15) is 4.79 Å². The molecule has 1 aromatic rings. The van der Waals surface area contributed by atoms with Crippen molar-refractivity contribution in [3.05, 3.63) is 29.3 Å². The van der Waals surface area contributed by atoms with E-state index in [0.717, 1.165) is 63.8 Å². The van der Waals surface area contributed by atoms with E-state index in [1.54, 1.807) is 4.90 Å². The molecule has 0 aromatic heterocycles. The molecule has 0 spiro atoms. The summed E-state index contributed by atoms with van der Waals surface area (Å²) >= 11 is 0. The van der Waals surface area contributed by atoms with Crippen molar-refractivity contribution in [1.29, 1.82) is 0 Å². The molecule has 3 N–H and O–H groups in total. The average Bonchev–Trinajstić information content (AvgIpc) is 3.15. The molecule has 5 heteroatoms. The molecule has 1 amide bonds. The summed E-state index contributed by atoms with van der Waals surface area (Å²) in [4.78, 5) is 15.6. The Bertz CT molecular complexity index is 684. The van der Waals surface area contributed by atoms with Crippen molar-refractivity contribution in [2.75, 3.05) is 39.3 Å². The summed E-state index contributed by atoms with van der Waals surface area (Å²) in [5.74, 6) is 2.65. The van der Waals surface area contributed by atoms with Crippen LogP contribution in [0.3, 0.4) is 0 Å². The van der Waals surface area contributed by atoms with Crippen molar-refractivity contribution in [3.63, 3.8) is 0 Å². The highest BCUT2D eigenvalue weighted by atomic mass is 16.5. The molecule has 1 aromatic carbocycles. The summed E-state index contributed by atoms with van der Waals surface area (Å²) in [6, 6.07) is 7.06. The van der Waals surface area contributed by atoms with Gasteiger partial charge >= 0.3 is 0 Å². The highest BCUT2D eigenvalue weighted by Gasteiger charge is 2.30. The van der Waals surface area contributed by atoms with Crippen molar-refractivity contribution < 1.29 is 19.3 Å². The number of benzene rings is 1. The molecule has 28 heavy (non-hydrogen) atoms. The van der Waals surface area contributed by atoms with Crippen LogP contribution in [0.25, 0.3) is 0 Å². The Balaban J connectivity index is 1.20. The largest absolute Gasteiger partial charge is 0.493 e. The number of rotatable bonds is 5. The van der Waals surface area contributed by atoms with Crippen LogP contribution in [0, 0.1) is 11.8 Å². The molecule has 1 aliphatic carbocycles. The number of amides is 1. The lowest BCUT2D eigenvalue weighted by Crippen LogP contribution is -3.28. The lowest BCUT2D eigenvalue weighted by Gasteiger charge is -2.35. The Labute approximate surface area is 169 Å². The summed E-state index contributed by atoms with van der Waals surface area (Å²) in [6.07, 6.45) is 4.75. The molecule has 2 fully saturated rings. The van der Waals surface area contributed by atoms with Crippen molar-refractivity contribution in [2.45, 2.75) is 52.1 Å². The molecular formula is C23H37N3O2+2. The predicted octanol–water partition coefficient (Wildman–Crippen LogP) is -0.154. The second-order valence-electron chi connectivity index (χ2n) is 9.34. The highest BCUT2D eigenvalue weighted by Crippen LogP contribution is 2.29. The third-order valence-electron chi connectivity index (χ3n) is 7.34. The zero-order chi connectivity index (χ0) is 19.5. The maximum atomic E-state index is 12.6. The standard InChI is InChI=1S/C23H35N3O2/c1-17-4-3-5-21(18(17)2)24-23(27)16-26-11-9-25(10-12-26)15-19-6-7-22-20(14-19)8-13-28-22/h6-7,14,17-18,21H,3-5,8-13,15-16H2,1-2H3,(H,24,27)/p+2/t17-,18-,21+/m1/s1. The first-order chi connectivity index (χ1) is 13.6. The van der Waals surface area contributed by atoms with Gasteiger partial charge < -0.3 is 19.9 Å². The van der Waals surface area contributed by atoms with Gasteiger partial charge in [-0.3, -0.25) is 4.79 Å². The number of carbonyl (C=O) groups excluding carboxylic acids is 1. The molecule has 154 valence electrons. The van der Waals surface area contributed by atoms with Gasteiger partial charge in [0.1, 0.15) is 38.5 Å². The highest BCUT2D eigenvalue weighted by molar-refractivity contribution is 5.77. The molecule has 1 saturated heterocycles. The van der Waals surface area contributed by atoms with Gasteiger partial charge in [0.05, 0.1) is 6.61 Å². The van der Waals surface area contributed by atoms with E-state index in [4.69, 9.17) is 4.74 Å². The summed E-state index contributed by atoms with van der Waals surface area (Å²) in [7, 11) is 0. The van der Waals surface area contributed by atoms with Gasteiger partial charge in [-0.2, -0.15) is 0 Å². The number of piperazine rings is 1. The third kappa shape index (κ3) is 4.69. The number of hydrogen-bond donors (Lipinski definition) is 3. The lowest BCUT2D eigenvalue weighted by atomic mass is 9.78. The third-order valence-corrected chi connectivity index (χ3v) is 7.34. The predicted molar refractivity (Wildman–Crippen MR) is 110 cm³/mol. The van der Waals surface area contributed by atoms with E-state index < -0.39 is 0 Å². The average molecular weight is 388 g/mol. The number of carbonyl (C=O) groups is 1. The molecule has 0 radical (unpaired) electrons. The summed E-state index contributed by atoms with van der Waals surface area (Å²) in [5, 5.41) is 3.34. The maximum Gasteiger partial charge on any atom is 0.275 e. The quantitative estimate of drug-likeness (QED) is 0.658. The minimum Gasteiger partial charge on any atom is -0.493 e. The van der Waals surface area contributed by atoms with Crippen LogP contribution in [-0.2, 0) is 17.8 Å². The van der Waals surface area contributed by atoms with E-state index >= 15 is 0 Å². The van der Waals surface area contributed by atoms with Crippen LogP contribution < -0.4 is 19.9 Å². The Kier molecular flexibility index (Phi) is 6.22. The van der Waals surface area contributed by atoms with E-state index in [1.165, 1.54) is 28.9 Å². The molecule has 5 nitrogen and oxygen atoms in total. The topological polar surface area (TPSA) is 47.2 Å². The molecule has 3 aliphatic rings. The Hall–Kier alpha value is -1.59. The van der Waals surface area contributed by atoms with Gasteiger partial charge in [0, 0.05) is 18.0 Å². The van der Waals surface area contributed by atoms with E-state index in [1.807, 2.05) is 0 Å². The number of nitrogens with one attached hydrogen (secondary N) is 3. The first-order valence-corrected chi connectivity index (χ1v) is 11.3. The second-order valence-corrected chi connectivity index (χ2v) is 9.34. The molecule has 4 rings (SSSR count). The fourth-order valence-corrected chi connectivity index (χ4v) is 5.22.